The van der Waals surface area contributed by atoms with Crippen molar-refractivity contribution in [2.24, 2.45) is 4.99 Å². The van der Waals surface area contributed by atoms with Crippen molar-refractivity contribution in [1.82, 2.24) is 4.90 Å². The lowest BCUT2D eigenvalue weighted by molar-refractivity contribution is -0.121. The number of hydrogen-bond acceptors (Lipinski definition) is 5. The summed E-state index contributed by atoms with van der Waals surface area (Å²) in [6.07, 6.45) is 5.34. The Bertz CT molecular complexity index is 1090. The van der Waals surface area contributed by atoms with Crippen LogP contribution in [0.15, 0.2) is 82.7 Å². The van der Waals surface area contributed by atoms with Crippen LogP contribution in [0.2, 0.25) is 0 Å². The summed E-state index contributed by atoms with van der Waals surface area (Å²) in [5, 5.41) is 19.3. The molecular formula is C23H20N2O4S. The van der Waals surface area contributed by atoms with Crippen molar-refractivity contribution in [3.63, 3.8) is 0 Å². The zero-order valence-corrected chi connectivity index (χ0v) is 17.1. The lowest BCUT2D eigenvalue weighted by Crippen LogP contribution is -2.29. The molecule has 1 heterocycles. The molecule has 0 atom stereocenters. The maximum atomic E-state index is 12.9. The molecule has 0 spiro atoms. The number of aromatic hydroxyl groups is 1. The highest BCUT2D eigenvalue weighted by Gasteiger charge is 2.33. The van der Waals surface area contributed by atoms with E-state index in [1.165, 1.54) is 28.8 Å². The monoisotopic (exact) mass is 420 g/mol. The van der Waals surface area contributed by atoms with E-state index in [0.29, 0.717) is 10.1 Å². The van der Waals surface area contributed by atoms with Crippen LogP contribution in [0.1, 0.15) is 22.8 Å². The van der Waals surface area contributed by atoms with Crippen molar-refractivity contribution in [2.75, 3.05) is 6.54 Å². The van der Waals surface area contributed by atoms with Crippen molar-refractivity contribution >= 4 is 40.6 Å². The van der Waals surface area contributed by atoms with Gasteiger partial charge in [0.15, 0.2) is 5.17 Å². The summed E-state index contributed by atoms with van der Waals surface area (Å²) in [5.41, 5.74) is 1.93. The molecule has 0 unspecified atom stereocenters. The van der Waals surface area contributed by atoms with E-state index in [2.05, 4.69) is 11.6 Å². The van der Waals surface area contributed by atoms with Gasteiger partial charge in [-0.05, 0) is 54.1 Å². The van der Waals surface area contributed by atoms with Crippen LogP contribution in [0.3, 0.4) is 0 Å². The number of aliphatic imine (C=N–C) groups is 1. The Labute approximate surface area is 178 Å². The first kappa shape index (κ1) is 21.1. The van der Waals surface area contributed by atoms with Crippen LogP contribution in [-0.4, -0.2) is 38.7 Å². The number of phenols is 1. The minimum Gasteiger partial charge on any atom is -0.508 e. The molecule has 0 radical (unpaired) electrons. The molecule has 0 aromatic heterocycles. The van der Waals surface area contributed by atoms with Gasteiger partial charge in [0.1, 0.15) is 5.75 Å². The fourth-order valence-electron chi connectivity index (χ4n) is 2.84. The number of carbonyl (C=O) groups excluding carboxylic acids is 1. The minimum atomic E-state index is -1.22. The van der Waals surface area contributed by atoms with Gasteiger partial charge in [-0.15, -0.1) is 6.58 Å². The van der Waals surface area contributed by atoms with Crippen molar-refractivity contribution in [3.8, 4) is 5.75 Å². The molecule has 1 saturated heterocycles. The zero-order chi connectivity index (χ0) is 21.7. The average Bonchev–Trinajstić information content (AvgIpc) is 2.99. The topological polar surface area (TPSA) is 90.2 Å². The van der Waals surface area contributed by atoms with Crippen LogP contribution in [0, 0.1) is 0 Å². The molecule has 7 heteroatoms. The molecule has 1 fully saturated rings. The van der Waals surface area contributed by atoms with Gasteiger partial charge in [-0.2, -0.15) is 0 Å². The lowest BCUT2D eigenvalue weighted by atomic mass is 10.1. The van der Waals surface area contributed by atoms with E-state index in [9.17, 15) is 19.8 Å². The fourth-order valence-corrected chi connectivity index (χ4v) is 3.89. The number of carboxylic acid groups (broad SMARTS) is 1. The van der Waals surface area contributed by atoms with Gasteiger partial charge in [0.2, 0.25) is 0 Å². The molecule has 1 aliphatic heterocycles. The minimum absolute atomic E-state index is 0.147. The van der Waals surface area contributed by atoms with Crippen LogP contribution in [0.25, 0.3) is 6.08 Å². The van der Waals surface area contributed by atoms with Crippen LogP contribution in [0.4, 0.5) is 5.69 Å². The molecule has 0 saturated carbocycles. The van der Waals surface area contributed by atoms with Crippen LogP contribution >= 0.6 is 11.8 Å². The largest absolute Gasteiger partial charge is 0.508 e. The molecule has 30 heavy (non-hydrogen) atoms. The molecule has 3 rings (SSSR count). The Morgan fingerprint density at radius 3 is 2.63 bits per heavy atom. The maximum Gasteiger partial charge on any atom is 0.338 e. The Hall–Kier alpha value is -3.58. The van der Waals surface area contributed by atoms with Crippen molar-refractivity contribution in [1.29, 1.82) is 0 Å². The Balaban J connectivity index is 1.97. The number of amidine groups is 1. The van der Waals surface area contributed by atoms with E-state index in [4.69, 9.17) is 0 Å². The Kier molecular flexibility index (Phi) is 6.54. The molecule has 0 bridgehead atoms. The molecule has 2 aromatic carbocycles. The third kappa shape index (κ3) is 4.87. The Morgan fingerprint density at radius 1 is 1.23 bits per heavy atom. The van der Waals surface area contributed by atoms with Gasteiger partial charge in [-0.25, -0.2) is 9.79 Å². The summed E-state index contributed by atoms with van der Waals surface area (Å²) in [5.74, 6) is -1.61. The highest BCUT2D eigenvalue weighted by molar-refractivity contribution is 8.18. The third-order valence-electron chi connectivity index (χ3n) is 4.18. The third-order valence-corrected chi connectivity index (χ3v) is 5.19. The number of amides is 1. The number of hydrogen-bond donors (Lipinski definition) is 2. The van der Waals surface area contributed by atoms with Crippen LogP contribution in [-0.2, 0) is 4.79 Å². The van der Waals surface area contributed by atoms with Crippen LogP contribution < -0.4 is 0 Å². The van der Waals surface area contributed by atoms with Crippen LogP contribution in [0.5, 0.6) is 5.75 Å². The number of rotatable bonds is 6. The van der Waals surface area contributed by atoms with E-state index < -0.39 is 5.97 Å². The first-order chi connectivity index (χ1) is 14.4. The van der Waals surface area contributed by atoms with Crippen molar-refractivity contribution in [3.05, 3.63) is 88.9 Å². The quantitative estimate of drug-likeness (QED) is 0.516. The summed E-state index contributed by atoms with van der Waals surface area (Å²) in [6.45, 7) is 5.83. The molecule has 2 aromatic rings. The van der Waals surface area contributed by atoms with E-state index in [-0.39, 0.29) is 29.5 Å². The highest BCUT2D eigenvalue weighted by atomic mass is 32.2. The van der Waals surface area contributed by atoms with Crippen molar-refractivity contribution in [2.45, 2.75) is 6.92 Å². The van der Waals surface area contributed by atoms with Gasteiger partial charge in [-0.1, -0.05) is 42.5 Å². The van der Waals surface area contributed by atoms with E-state index in [0.717, 1.165) is 17.2 Å². The predicted octanol–water partition coefficient (Wildman–Crippen LogP) is 4.83. The lowest BCUT2D eigenvalue weighted by Gasteiger charge is -2.13. The second kappa shape index (κ2) is 9.28. The normalized spacial score (nSPS) is 17.0. The number of carbonyl (C=O) groups is 2. The Morgan fingerprint density at radius 2 is 1.97 bits per heavy atom. The molecule has 1 amide bonds. The molecule has 152 valence electrons. The SMILES string of the molecule is C=CCN1C(=O)/C(=C/C(C)=C/c2ccccc2)SC1=Nc1ccc(O)cc1C(=O)O. The van der Waals surface area contributed by atoms with Gasteiger partial charge in [0, 0.05) is 6.54 Å². The van der Waals surface area contributed by atoms with Gasteiger partial charge in [-0.3, -0.25) is 9.69 Å². The highest BCUT2D eigenvalue weighted by Crippen LogP contribution is 2.35. The number of carboxylic acids is 1. The second-order valence-electron chi connectivity index (χ2n) is 6.52. The van der Waals surface area contributed by atoms with E-state index in [1.807, 2.05) is 43.3 Å². The standard InChI is InChI=1S/C23H20N2O4S/c1-3-11-25-21(27)20(13-15(2)12-16-7-5-4-6-8-16)30-23(25)24-19-10-9-17(26)14-18(19)22(28)29/h3-10,12-14,26H,1,11H2,2H3,(H,28,29)/b15-12+,20-13-,24-23?. The van der Waals surface area contributed by atoms with Gasteiger partial charge in [0.25, 0.3) is 5.91 Å². The van der Waals surface area contributed by atoms with Gasteiger partial charge < -0.3 is 10.2 Å². The first-order valence-electron chi connectivity index (χ1n) is 9.09. The number of nitrogens with zero attached hydrogens (tertiary/aromatic N) is 2. The molecular weight excluding hydrogens is 400 g/mol. The predicted molar refractivity (Wildman–Crippen MR) is 120 cm³/mol. The summed E-state index contributed by atoms with van der Waals surface area (Å²) in [7, 11) is 0. The number of allylic oxidation sites excluding steroid dienone is 2. The zero-order valence-electron chi connectivity index (χ0n) is 16.3. The average molecular weight is 420 g/mol. The van der Waals surface area contributed by atoms with Gasteiger partial charge in [0.05, 0.1) is 16.2 Å². The first-order valence-corrected chi connectivity index (χ1v) is 9.91. The molecule has 0 aliphatic carbocycles. The molecule has 6 nitrogen and oxygen atoms in total. The number of phenolic OH excluding ortho intramolecular Hbond substituents is 1. The second-order valence-corrected chi connectivity index (χ2v) is 7.52. The van der Waals surface area contributed by atoms with Gasteiger partial charge >= 0.3 is 5.97 Å². The summed E-state index contributed by atoms with van der Waals surface area (Å²) in [4.78, 5) is 30.7. The van der Waals surface area contributed by atoms with E-state index >= 15 is 0 Å². The number of benzene rings is 2. The maximum absolute atomic E-state index is 12.9. The number of aromatic carboxylic acids is 1. The summed E-state index contributed by atoms with van der Waals surface area (Å²) < 4.78 is 0. The number of thioether (sulfide) groups is 1. The van der Waals surface area contributed by atoms with E-state index in [1.54, 1.807) is 12.2 Å². The molecule has 2 N–H and O–H groups in total. The van der Waals surface area contributed by atoms with Crippen molar-refractivity contribution < 1.29 is 19.8 Å². The summed E-state index contributed by atoms with van der Waals surface area (Å²) >= 11 is 1.17. The molecule has 1 aliphatic rings. The fraction of sp³-hybridized carbons (Fsp3) is 0.0870. The summed E-state index contributed by atoms with van der Waals surface area (Å²) in [6, 6.07) is 13.7. The smallest absolute Gasteiger partial charge is 0.338 e.